The number of hydrogen-bond donors (Lipinski definition) is 2. The smallest absolute Gasteiger partial charge is 0.303 e. The van der Waals surface area contributed by atoms with E-state index in [4.69, 9.17) is 28.3 Å². The molecular weight excluding hydrogens is 405 g/mol. The number of aliphatic hydroxyl groups is 1. The van der Waals surface area contributed by atoms with Crippen LogP contribution in [-0.4, -0.2) is 30.8 Å². The standard InChI is InChI=1S/C16H11Cl2N3O4.ClH/c17-9-3-8(4-10(18)5-9)11-6-13(23)15(12(22)1-2-14(24)25)21-16(11)19-7-20-21;/h3-7,22H,1-2H2,(H,24,25);1H. The Balaban J connectivity index is 0.00000243. The van der Waals surface area contributed by atoms with Crippen molar-refractivity contribution in [2.45, 2.75) is 12.8 Å². The van der Waals surface area contributed by atoms with Crippen LogP contribution >= 0.6 is 35.6 Å². The minimum absolute atomic E-state index is 0. The number of benzene rings is 1. The highest BCUT2D eigenvalue weighted by molar-refractivity contribution is 6.35. The van der Waals surface area contributed by atoms with Gasteiger partial charge in [-0.25, -0.2) is 9.50 Å². The quantitative estimate of drug-likeness (QED) is 0.677. The number of nitrogens with zero attached hydrogens (tertiary/aromatic N) is 3. The molecule has 0 aliphatic carbocycles. The van der Waals surface area contributed by atoms with Crippen LogP contribution < -0.4 is 10.8 Å². The first-order valence-corrected chi connectivity index (χ1v) is 7.89. The van der Waals surface area contributed by atoms with E-state index < -0.39 is 11.4 Å². The maximum atomic E-state index is 12.5. The lowest BCUT2D eigenvalue weighted by Crippen LogP contribution is -2.34. The van der Waals surface area contributed by atoms with E-state index in [9.17, 15) is 14.7 Å². The van der Waals surface area contributed by atoms with Crippen molar-refractivity contribution in [3.05, 3.63) is 56.2 Å². The van der Waals surface area contributed by atoms with Crippen LogP contribution in [0.15, 0.2) is 35.4 Å². The molecule has 2 N–H and O–H groups in total. The molecule has 0 unspecified atom stereocenters. The number of rotatable bonds is 4. The highest BCUT2D eigenvalue weighted by Gasteiger charge is 2.14. The van der Waals surface area contributed by atoms with Crippen LogP contribution in [0.3, 0.4) is 0 Å². The molecule has 26 heavy (non-hydrogen) atoms. The maximum Gasteiger partial charge on any atom is 0.303 e. The third kappa shape index (κ3) is 3.90. The molecular formula is C16H12Cl3N3O4. The molecule has 0 bridgehead atoms. The topological polar surface area (TPSA) is 105 Å². The van der Waals surface area contributed by atoms with Crippen molar-refractivity contribution in [1.82, 2.24) is 14.6 Å². The van der Waals surface area contributed by atoms with E-state index in [0.29, 0.717) is 26.8 Å². The van der Waals surface area contributed by atoms with Crippen molar-refractivity contribution in [3.8, 4) is 11.1 Å². The first-order valence-electron chi connectivity index (χ1n) is 7.14. The molecule has 0 radical (unpaired) electrons. The second-order valence-corrected chi connectivity index (χ2v) is 6.14. The van der Waals surface area contributed by atoms with E-state index in [2.05, 4.69) is 10.1 Å². The van der Waals surface area contributed by atoms with E-state index in [1.54, 1.807) is 18.2 Å². The molecule has 0 aliphatic heterocycles. The Labute approximate surface area is 162 Å². The van der Waals surface area contributed by atoms with E-state index in [1.807, 2.05) is 0 Å². The van der Waals surface area contributed by atoms with Crippen molar-refractivity contribution in [3.63, 3.8) is 0 Å². The summed E-state index contributed by atoms with van der Waals surface area (Å²) in [5, 5.41) is 23.5. The van der Waals surface area contributed by atoms with Gasteiger partial charge in [0.05, 0.1) is 6.42 Å². The van der Waals surface area contributed by atoms with E-state index in [1.165, 1.54) is 16.9 Å². The van der Waals surface area contributed by atoms with Gasteiger partial charge in [0.1, 0.15) is 12.1 Å². The molecule has 3 rings (SSSR count). The average Bonchev–Trinajstić information content (AvgIpc) is 2.99. The Morgan fingerprint density at radius 1 is 1.08 bits per heavy atom. The Hall–Kier alpha value is -2.35. The van der Waals surface area contributed by atoms with E-state index in [-0.39, 0.29) is 36.4 Å². The number of carboxylic acid groups (broad SMARTS) is 1. The summed E-state index contributed by atoms with van der Waals surface area (Å²) in [4.78, 5) is 27.3. The number of halogens is 3. The summed E-state index contributed by atoms with van der Waals surface area (Å²) in [7, 11) is 0. The zero-order chi connectivity index (χ0) is 18.1. The molecule has 2 heterocycles. The van der Waals surface area contributed by atoms with Gasteiger partial charge in [-0.15, -0.1) is 12.4 Å². The fraction of sp³-hybridized carbons (Fsp3) is 0.125. The third-order valence-corrected chi connectivity index (χ3v) is 3.97. The van der Waals surface area contributed by atoms with Gasteiger partial charge >= 0.3 is 5.97 Å². The number of carbonyl (C=O) groups is 1. The number of hydrogen-bond acceptors (Lipinski definition) is 5. The zero-order valence-corrected chi connectivity index (χ0v) is 15.3. The second-order valence-electron chi connectivity index (χ2n) is 5.26. The van der Waals surface area contributed by atoms with Crippen molar-refractivity contribution in [2.75, 3.05) is 0 Å². The molecule has 0 amide bonds. The van der Waals surface area contributed by atoms with Crippen molar-refractivity contribution in [1.29, 1.82) is 0 Å². The van der Waals surface area contributed by atoms with E-state index >= 15 is 0 Å². The highest BCUT2D eigenvalue weighted by atomic mass is 35.5. The number of aromatic nitrogens is 3. The van der Waals surface area contributed by atoms with Gasteiger partial charge in [-0.05, 0) is 29.8 Å². The van der Waals surface area contributed by atoms with Crippen LogP contribution in [0.2, 0.25) is 10.0 Å². The van der Waals surface area contributed by atoms with Gasteiger partial charge in [-0.1, -0.05) is 23.2 Å². The van der Waals surface area contributed by atoms with Crippen molar-refractivity contribution >= 4 is 53.0 Å². The molecule has 7 nitrogen and oxygen atoms in total. The monoisotopic (exact) mass is 415 g/mol. The molecule has 2 aromatic heterocycles. The highest BCUT2D eigenvalue weighted by Crippen LogP contribution is 2.28. The summed E-state index contributed by atoms with van der Waals surface area (Å²) in [5.41, 5.74) is 0.813. The molecule has 3 aromatic rings. The number of aliphatic carboxylic acids is 1. The predicted octanol–water partition coefficient (Wildman–Crippen LogP) is 2.74. The van der Waals surface area contributed by atoms with Crippen LogP contribution in [0, 0.1) is 0 Å². The summed E-state index contributed by atoms with van der Waals surface area (Å²) in [6, 6.07) is 6.11. The lowest BCUT2D eigenvalue weighted by atomic mass is 10.1. The van der Waals surface area contributed by atoms with Crippen LogP contribution in [0.4, 0.5) is 0 Å². The molecule has 0 atom stereocenters. The summed E-state index contributed by atoms with van der Waals surface area (Å²) in [6.45, 7) is 0. The summed E-state index contributed by atoms with van der Waals surface area (Å²) < 4.78 is 1.18. The number of fused-ring (bicyclic) bond motifs is 1. The fourth-order valence-electron chi connectivity index (χ4n) is 2.49. The largest absolute Gasteiger partial charge is 0.510 e. The lowest BCUT2D eigenvalue weighted by molar-refractivity contribution is -0.136. The van der Waals surface area contributed by atoms with Crippen LogP contribution in [0.5, 0.6) is 0 Å². The molecule has 0 spiro atoms. The average molecular weight is 417 g/mol. The minimum atomic E-state index is -1.08. The molecule has 0 aliphatic rings. The number of pyridine rings is 1. The van der Waals surface area contributed by atoms with Gasteiger partial charge in [0, 0.05) is 22.0 Å². The predicted molar refractivity (Wildman–Crippen MR) is 100 cm³/mol. The van der Waals surface area contributed by atoms with Crippen LogP contribution in [0.25, 0.3) is 22.5 Å². The molecule has 0 saturated heterocycles. The lowest BCUT2D eigenvalue weighted by Gasteiger charge is -2.06. The third-order valence-electron chi connectivity index (χ3n) is 3.53. The fourth-order valence-corrected chi connectivity index (χ4v) is 3.01. The van der Waals surface area contributed by atoms with Gasteiger partial charge in [0.2, 0.25) is 5.43 Å². The Bertz CT molecular complexity index is 1080. The summed E-state index contributed by atoms with van der Waals surface area (Å²) >= 11 is 12.0. The molecule has 136 valence electrons. The summed E-state index contributed by atoms with van der Waals surface area (Å²) in [6.07, 6.45) is 0.730. The van der Waals surface area contributed by atoms with Gasteiger partial charge < -0.3 is 10.2 Å². The van der Waals surface area contributed by atoms with Crippen molar-refractivity contribution in [2.24, 2.45) is 0 Å². The molecule has 0 fully saturated rings. The normalized spacial score (nSPS) is 11.9. The van der Waals surface area contributed by atoms with E-state index in [0.717, 1.165) is 0 Å². The number of carboxylic acids is 1. The zero-order valence-electron chi connectivity index (χ0n) is 13.0. The van der Waals surface area contributed by atoms with Crippen LogP contribution in [0.1, 0.15) is 12.8 Å². The first kappa shape index (κ1) is 20.0. The van der Waals surface area contributed by atoms with Crippen molar-refractivity contribution < 1.29 is 15.0 Å². The first-order chi connectivity index (χ1) is 11.9. The van der Waals surface area contributed by atoms with Gasteiger partial charge in [-0.2, -0.15) is 5.10 Å². The SMILES string of the molecule is Cl.O=C(O)CCC(O)=c1c(=O)cc(-c2cc(Cl)cc(Cl)c2)c2ncnn12. The Morgan fingerprint density at radius 2 is 1.73 bits per heavy atom. The van der Waals surface area contributed by atoms with Gasteiger partial charge in [0.25, 0.3) is 0 Å². The number of aliphatic hydroxyl groups excluding tert-OH is 1. The van der Waals surface area contributed by atoms with Crippen LogP contribution in [-0.2, 0) is 4.79 Å². The van der Waals surface area contributed by atoms with Gasteiger partial charge in [0.15, 0.2) is 11.0 Å². The maximum absolute atomic E-state index is 12.5. The molecule has 1 aromatic carbocycles. The van der Waals surface area contributed by atoms with Gasteiger partial charge in [-0.3, -0.25) is 9.59 Å². The second kappa shape index (κ2) is 7.90. The summed E-state index contributed by atoms with van der Waals surface area (Å²) in [5.74, 6) is -1.45. The molecule has 10 heteroatoms. The Morgan fingerprint density at radius 3 is 2.35 bits per heavy atom. The Kier molecular flexibility index (Phi) is 6.07. The molecule has 0 saturated carbocycles. The minimum Gasteiger partial charge on any atom is -0.510 e.